The molecule has 0 fully saturated rings. The lowest BCUT2D eigenvalue weighted by molar-refractivity contribution is 0.241. The summed E-state index contributed by atoms with van der Waals surface area (Å²) in [5, 5.41) is 1.82. The third-order valence-electron chi connectivity index (χ3n) is 4.05. The van der Waals surface area contributed by atoms with Gasteiger partial charge in [0.25, 0.3) is 0 Å². The summed E-state index contributed by atoms with van der Waals surface area (Å²) in [6.45, 7) is 18.7. The molecule has 1 aliphatic heterocycles. The van der Waals surface area contributed by atoms with Gasteiger partial charge in [0, 0.05) is 29.0 Å². The van der Waals surface area contributed by atoms with Crippen molar-refractivity contribution in [3.05, 3.63) is 35.8 Å². The number of hydrogen-bond acceptors (Lipinski definition) is 3. The third kappa shape index (κ3) is 4.14. The summed E-state index contributed by atoms with van der Waals surface area (Å²) in [7, 11) is 1.77. The molecule has 3 nitrogen and oxygen atoms in total. The molecule has 0 aromatic heterocycles. The summed E-state index contributed by atoms with van der Waals surface area (Å²) in [5.74, 6) is 1.29. The maximum absolute atomic E-state index is 12.7. The molecule has 0 saturated heterocycles. The number of amides is 1. The fourth-order valence-electron chi connectivity index (χ4n) is 3.15. The summed E-state index contributed by atoms with van der Waals surface area (Å²) in [4.78, 5) is 15.7. The van der Waals surface area contributed by atoms with Crippen molar-refractivity contribution in [2.45, 2.75) is 57.4 Å². The standard InChI is InChI=1S/C20H27BNO2S/c1-8-15-17(24-13(5)6)10-16-18(19(15)25-9-2)14(7)11-22(16)20(23)21-12(3)4/h8-10,12-14H,1-2,11H2,3-7H3. The lowest BCUT2D eigenvalue weighted by Gasteiger charge is -2.22. The van der Waals surface area contributed by atoms with Gasteiger partial charge in [0.1, 0.15) is 5.75 Å². The zero-order valence-electron chi connectivity index (χ0n) is 15.8. The van der Waals surface area contributed by atoms with Crippen LogP contribution in [-0.4, -0.2) is 25.7 Å². The van der Waals surface area contributed by atoms with Gasteiger partial charge in [0.15, 0.2) is 5.81 Å². The predicted molar refractivity (Wildman–Crippen MR) is 110 cm³/mol. The molecule has 1 aromatic carbocycles. The molecule has 0 aliphatic carbocycles. The van der Waals surface area contributed by atoms with Crippen LogP contribution in [0.15, 0.2) is 29.5 Å². The lowest BCUT2D eigenvalue weighted by Crippen LogP contribution is -2.33. The van der Waals surface area contributed by atoms with E-state index in [1.807, 2.05) is 50.1 Å². The molecular formula is C20H27BNO2S. The Morgan fingerprint density at radius 2 is 2.08 bits per heavy atom. The van der Waals surface area contributed by atoms with Crippen LogP contribution in [0.5, 0.6) is 5.75 Å². The highest BCUT2D eigenvalue weighted by Gasteiger charge is 2.34. The summed E-state index contributed by atoms with van der Waals surface area (Å²) in [6.07, 6.45) is 1.88. The highest BCUT2D eigenvalue weighted by molar-refractivity contribution is 8.02. The zero-order valence-corrected chi connectivity index (χ0v) is 16.7. The van der Waals surface area contributed by atoms with E-state index in [0.29, 0.717) is 6.54 Å². The lowest BCUT2D eigenvalue weighted by atomic mass is 9.65. The van der Waals surface area contributed by atoms with Gasteiger partial charge in [0.2, 0.25) is 7.28 Å². The number of anilines is 1. The SMILES string of the molecule is C=CSc1c(C=C)c(OC(C)C)cc2c1C(C)CN2C(=O)[B]C(C)C. The van der Waals surface area contributed by atoms with Crippen molar-refractivity contribution in [2.24, 2.45) is 0 Å². The zero-order chi connectivity index (χ0) is 18.7. The number of carbonyl (C=O) groups is 1. The van der Waals surface area contributed by atoms with Gasteiger partial charge in [-0.1, -0.05) is 57.6 Å². The molecule has 1 aliphatic rings. The van der Waals surface area contributed by atoms with Gasteiger partial charge >= 0.3 is 0 Å². The first-order valence-corrected chi connectivity index (χ1v) is 9.62. The Hall–Kier alpha value is -1.62. The molecule has 1 aromatic rings. The van der Waals surface area contributed by atoms with Crippen molar-refractivity contribution >= 4 is 36.6 Å². The van der Waals surface area contributed by atoms with E-state index < -0.39 is 0 Å². The van der Waals surface area contributed by atoms with Crippen molar-refractivity contribution in [3.8, 4) is 5.75 Å². The number of hydrogen-bond donors (Lipinski definition) is 0. The van der Waals surface area contributed by atoms with Crippen molar-refractivity contribution in [1.82, 2.24) is 0 Å². The molecule has 1 amide bonds. The minimum Gasteiger partial charge on any atom is -0.490 e. The Labute approximate surface area is 156 Å². The summed E-state index contributed by atoms with van der Waals surface area (Å²) in [5.41, 5.74) is 3.10. The summed E-state index contributed by atoms with van der Waals surface area (Å²) in [6, 6.07) is 2.00. The molecule has 133 valence electrons. The van der Waals surface area contributed by atoms with E-state index in [1.54, 1.807) is 19.0 Å². The molecular weight excluding hydrogens is 329 g/mol. The first-order valence-electron chi connectivity index (χ1n) is 8.74. The number of benzene rings is 1. The Morgan fingerprint density at radius 1 is 1.40 bits per heavy atom. The van der Waals surface area contributed by atoms with Crippen molar-refractivity contribution in [1.29, 1.82) is 0 Å². The Bertz CT molecular complexity index is 685. The van der Waals surface area contributed by atoms with Crippen LogP contribution in [0.4, 0.5) is 10.5 Å². The maximum Gasteiger partial charge on any atom is 0.236 e. The molecule has 25 heavy (non-hydrogen) atoms. The Kier molecular flexibility index (Phi) is 6.44. The van der Waals surface area contributed by atoms with Crippen LogP contribution in [0, 0.1) is 0 Å². The summed E-state index contributed by atoms with van der Waals surface area (Å²) >= 11 is 1.57. The van der Waals surface area contributed by atoms with Gasteiger partial charge in [-0.05, 0) is 24.8 Å². The van der Waals surface area contributed by atoms with Gasteiger partial charge in [0.05, 0.1) is 11.8 Å². The number of carbonyl (C=O) groups excluding carboxylic acids is 1. The molecule has 0 bridgehead atoms. The van der Waals surface area contributed by atoms with Crippen LogP contribution in [0.25, 0.3) is 6.08 Å². The number of nitrogens with zero attached hydrogens (tertiary/aromatic N) is 1. The van der Waals surface area contributed by atoms with E-state index in [4.69, 9.17) is 4.74 Å². The molecule has 5 heteroatoms. The van der Waals surface area contributed by atoms with Crippen molar-refractivity contribution in [3.63, 3.8) is 0 Å². The topological polar surface area (TPSA) is 29.5 Å². The number of thioether (sulfide) groups is 1. The maximum atomic E-state index is 12.7. The molecule has 0 N–H and O–H groups in total. The monoisotopic (exact) mass is 356 g/mol. The number of ether oxygens (including phenoxy) is 1. The first kappa shape index (κ1) is 19.7. The van der Waals surface area contributed by atoms with Crippen LogP contribution in [0.3, 0.4) is 0 Å². The van der Waals surface area contributed by atoms with Crippen LogP contribution in [0.1, 0.15) is 51.7 Å². The predicted octanol–water partition coefficient (Wildman–Crippen LogP) is 5.93. The minimum atomic E-state index is 0.0449. The molecule has 1 heterocycles. The van der Waals surface area contributed by atoms with E-state index in [-0.39, 0.29) is 23.6 Å². The number of rotatable bonds is 7. The van der Waals surface area contributed by atoms with E-state index in [1.165, 1.54) is 5.56 Å². The second-order valence-electron chi connectivity index (χ2n) is 6.97. The van der Waals surface area contributed by atoms with Gasteiger partial charge in [-0.25, -0.2) is 0 Å². The molecule has 1 radical (unpaired) electrons. The average molecular weight is 356 g/mol. The van der Waals surface area contributed by atoms with Crippen LogP contribution < -0.4 is 9.64 Å². The average Bonchev–Trinajstić information content (AvgIpc) is 2.83. The number of fused-ring (bicyclic) bond motifs is 1. The van der Waals surface area contributed by atoms with Crippen LogP contribution in [0.2, 0.25) is 5.82 Å². The van der Waals surface area contributed by atoms with Gasteiger partial charge in [-0.3, -0.25) is 4.79 Å². The first-order chi connectivity index (χ1) is 11.8. The second-order valence-corrected chi connectivity index (χ2v) is 7.94. The molecule has 1 atom stereocenters. The van der Waals surface area contributed by atoms with E-state index in [0.717, 1.165) is 21.9 Å². The van der Waals surface area contributed by atoms with Gasteiger partial charge < -0.3 is 9.64 Å². The van der Waals surface area contributed by atoms with E-state index in [9.17, 15) is 4.79 Å². The molecule has 0 saturated carbocycles. The second kappa shape index (κ2) is 8.18. The van der Waals surface area contributed by atoms with Crippen LogP contribution >= 0.6 is 11.8 Å². The van der Waals surface area contributed by atoms with E-state index >= 15 is 0 Å². The highest BCUT2D eigenvalue weighted by Crippen LogP contribution is 2.48. The van der Waals surface area contributed by atoms with Gasteiger partial charge in [-0.2, -0.15) is 0 Å². The van der Waals surface area contributed by atoms with E-state index in [2.05, 4.69) is 20.1 Å². The molecule has 2 rings (SSSR count). The molecule has 1 unspecified atom stereocenters. The fourth-order valence-corrected chi connectivity index (χ4v) is 4.07. The Morgan fingerprint density at radius 3 is 2.60 bits per heavy atom. The van der Waals surface area contributed by atoms with Crippen molar-refractivity contribution in [2.75, 3.05) is 11.4 Å². The summed E-state index contributed by atoms with van der Waals surface area (Å²) < 4.78 is 6.03. The normalized spacial score (nSPS) is 16.1. The fraction of sp³-hybridized carbons (Fsp3) is 0.450. The van der Waals surface area contributed by atoms with Crippen LogP contribution in [-0.2, 0) is 0 Å². The quantitative estimate of drug-likeness (QED) is 0.448. The smallest absolute Gasteiger partial charge is 0.236 e. The highest BCUT2D eigenvalue weighted by atomic mass is 32.2. The van der Waals surface area contributed by atoms with Gasteiger partial charge in [-0.15, -0.1) is 0 Å². The molecule has 0 spiro atoms. The largest absolute Gasteiger partial charge is 0.490 e. The van der Waals surface area contributed by atoms with Crippen molar-refractivity contribution < 1.29 is 9.53 Å². The minimum absolute atomic E-state index is 0.0449. The Balaban J connectivity index is 2.62. The third-order valence-corrected chi connectivity index (χ3v) is 4.89.